The molecule has 0 fully saturated rings. The van der Waals surface area contributed by atoms with Crippen LogP contribution in [0.15, 0.2) is 17.8 Å². The van der Waals surface area contributed by atoms with Gasteiger partial charge in [-0.05, 0) is 6.92 Å². The van der Waals surface area contributed by atoms with Crippen LogP contribution in [-0.4, -0.2) is 14.3 Å². The third-order valence-electron chi connectivity index (χ3n) is 1.84. The Morgan fingerprint density at radius 1 is 1.71 bits per heavy atom. The van der Waals surface area contributed by atoms with E-state index in [-0.39, 0.29) is 0 Å². The lowest BCUT2D eigenvalue weighted by Crippen LogP contribution is -1.86. The Bertz CT molecular complexity index is 512. The van der Waals surface area contributed by atoms with Crippen LogP contribution in [0, 0.1) is 17.0 Å². The first-order valence-corrected chi connectivity index (χ1v) is 4.80. The van der Waals surface area contributed by atoms with Crippen LogP contribution < -0.4 is 0 Å². The number of aryl methyl sites for hydroxylation is 1. The van der Waals surface area contributed by atoms with Gasteiger partial charge in [-0.2, -0.15) is 0 Å². The Morgan fingerprint density at radius 2 is 2.50 bits per heavy atom. The van der Waals surface area contributed by atoms with E-state index in [4.69, 9.17) is 0 Å². The molecule has 0 saturated heterocycles. The van der Waals surface area contributed by atoms with Crippen molar-refractivity contribution < 1.29 is 4.92 Å². The maximum absolute atomic E-state index is 10.2. The fraction of sp³-hybridized carbons (Fsp3) is 0.125. The maximum atomic E-state index is 10.2. The summed E-state index contributed by atoms with van der Waals surface area (Å²) in [6.07, 6.45) is 4.23. The largest absolute Gasteiger partial charge is 0.290 e. The molecule has 72 valence electrons. The molecule has 2 aromatic rings. The molecule has 0 atom stereocenters. The topological polar surface area (TPSA) is 60.4 Å². The molecule has 0 aliphatic heterocycles. The first kappa shape index (κ1) is 8.89. The van der Waals surface area contributed by atoms with Gasteiger partial charge in [-0.25, -0.2) is 4.98 Å². The van der Waals surface area contributed by atoms with E-state index in [1.807, 2.05) is 22.9 Å². The second kappa shape index (κ2) is 3.22. The van der Waals surface area contributed by atoms with Crippen molar-refractivity contribution in [1.29, 1.82) is 0 Å². The summed E-state index contributed by atoms with van der Waals surface area (Å²) in [6.45, 7) is 1.83. The smallest absolute Gasteiger partial charge is 0.236 e. The molecule has 0 spiro atoms. The second-order valence-corrected chi connectivity index (χ2v) is 3.61. The standard InChI is InChI=1S/C8H7N3O2S/c1-6-7(2-3-11(12)13)10-4-5-14-8(10)9-6/h2-5H,1H3/b3-2+. The van der Waals surface area contributed by atoms with Gasteiger partial charge >= 0.3 is 0 Å². The van der Waals surface area contributed by atoms with E-state index in [1.165, 1.54) is 17.4 Å². The van der Waals surface area contributed by atoms with E-state index in [0.29, 0.717) is 0 Å². The Balaban J connectivity index is 2.54. The van der Waals surface area contributed by atoms with Gasteiger partial charge in [0.15, 0.2) is 4.96 Å². The van der Waals surface area contributed by atoms with Crippen LogP contribution in [0.25, 0.3) is 11.0 Å². The highest BCUT2D eigenvalue weighted by molar-refractivity contribution is 7.15. The summed E-state index contributed by atoms with van der Waals surface area (Å²) in [6, 6.07) is 0. The number of nitrogens with zero attached hydrogens (tertiary/aromatic N) is 3. The third-order valence-corrected chi connectivity index (χ3v) is 2.59. The molecule has 14 heavy (non-hydrogen) atoms. The molecule has 5 nitrogen and oxygen atoms in total. The Hall–Kier alpha value is -1.69. The third kappa shape index (κ3) is 1.39. The zero-order valence-electron chi connectivity index (χ0n) is 7.38. The summed E-state index contributed by atoms with van der Waals surface area (Å²) in [7, 11) is 0. The minimum Gasteiger partial charge on any atom is -0.290 e. The van der Waals surface area contributed by atoms with Gasteiger partial charge in [0.1, 0.15) is 0 Å². The predicted molar refractivity (Wildman–Crippen MR) is 53.8 cm³/mol. The molecule has 2 heterocycles. The van der Waals surface area contributed by atoms with E-state index < -0.39 is 4.92 Å². The summed E-state index contributed by atoms with van der Waals surface area (Å²) in [4.78, 5) is 14.8. The van der Waals surface area contributed by atoms with Crippen molar-refractivity contribution in [3.8, 4) is 0 Å². The van der Waals surface area contributed by atoms with Gasteiger partial charge in [-0.15, -0.1) is 11.3 Å². The van der Waals surface area contributed by atoms with Crippen molar-refractivity contribution >= 4 is 22.4 Å². The molecule has 0 amide bonds. The number of rotatable bonds is 2. The normalized spacial score (nSPS) is 11.5. The van der Waals surface area contributed by atoms with Gasteiger partial charge in [0, 0.05) is 17.7 Å². The molecular weight excluding hydrogens is 202 g/mol. The molecule has 0 aliphatic carbocycles. The average molecular weight is 209 g/mol. The summed E-state index contributed by atoms with van der Waals surface area (Å²) in [5.41, 5.74) is 1.56. The molecule has 2 aromatic heterocycles. The van der Waals surface area contributed by atoms with Gasteiger partial charge in [0.05, 0.1) is 16.3 Å². The van der Waals surface area contributed by atoms with Crippen molar-refractivity contribution in [2.75, 3.05) is 0 Å². The molecule has 6 heteroatoms. The van der Waals surface area contributed by atoms with Crippen LogP contribution in [0.3, 0.4) is 0 Å². The van der Waals surface area contributed by atoms with Crippen LogP contribution in [0.2, 0.25) is 0 Å². The van der Waals surface area contributed by atoms with E-state index in [1.54, 1.807) is 0 Å². The minimum absolute atomic E-state index is 0.481. The fourth-order valence-electron chi connectivity index (χ4n) is 1.24. The molecule has 0 radical (unpaired) electrons. The van der Waals surface area contributed by atoms with Gasteiger partial charge in [0.25, 0.3) is 0 Å². The molecule has 0 aliphatic rings. The SMILES string of the molecule is Cc1nc2sccn2c1/C=C/[N+](=O)[O-]. The quantitative estimate of drug-likeness (QED) is 0.561. The van der Waals surface area contributed by atoms with Crippen molar-refractivity contribution in [3.05, 3.63) is 39.3 Å². The van der Waals surface area contributed by atoms with Crippen molar-refractivity contribution in [2.45, 2.75) is 6.92 Å². The van der Waals surface area contributed by atoms with Gasteiger partial charge in [0.2, 0.25) is 6.20 Å². The Morgan fingerprint density at radius 3 is 3.21 bits per heavy atom. The highest BCUT2D eigenvalue weighted by atomic mass is 32.1. The highest BCUT2D eigenvalue weighted by Crippen LogP contribution is 2.17. The Kier molecular flexibility index (Phi) is 2.05. The van der Waals surface area contributed by atoms with Gasteiger partial charge < -0.3 is 0 Å². The number of thiazole rings is 1. The summed E-state index contributed by atoms with van der Waals surface area (Å²) in [5.74, 6) is 0. The predicted octanol–water partition coefficient (Wildman–Crippen LogP) is 1.95. The fourth-order valence-corrected chi connectivity index (χ4v) is 2.01. The first-order valence-electron chi connectivity index (χ1n) is 3.92. The summed E-state index contributed by atoms with van der Waals surface area (Å²) in [5, 5.41) is 12.1. The second-order valence-electron chi connectivity index (χ2n) is 2.74. The summed E-state index contributed by atoms with van der Waals surface area (Å²) < 4.78 is 1.83. The molecular formula is C8H7N3O2S. The van der Waals surface area contributed by atoms with Gasteiger partial charge in [-0.3, -0.25) is 14.5 Å². The minimum atomic E-state index is -0.481. The summed E-state index contributed by atoms with van der Waals surface area (Å²) >= 11 is 1.50. The van der Waals surface area contributed by atoms with Gasteiger partial charge in [-0.1, -0.05) is 0 Å². The van der Waals surface area contributed by atoms with Crippen molar-refractivity contribution in [2.24, 2.45) is 0 Å². The van der Waals surface area contributed by atoms with E-state index in [0.717, 1.165) is 22.5 Å². The van der Waals surface area contributed by atoms with Crippen LogP contribution in [0.1, 0.15) is 11.4 Å². The Labute approximate surface area is 83.5 Å². The van der Waals surface area contributed by atoms with Crippen LogP contribution in [0.5, 0.6) is 0 Å². The highest BCUT2D eigenvalue weighted by Gasteiger charge is 2.06. The lowest BCUT2D eigenvalue weighted by molar-refractivity contribution is -0.401. The number of imidazole rings is 1. The molecule has 0 aromatic carbocycles. The number of fused-ring (bicyclic) bond motifs is 1. The number of aromatic nitrogens is 2. The molecule has 0 unspecified atom stereocenters. The lowest BCUT2D eigenvalue weighted by Gasteiger charge is -1.89. The van der Waals surface area contributed by atoms with Crippen LogP contribution >= 0.6 is 11.3 Å². The van der Waals surface area contributed by atoms with E-state index >= 15 is 0 Å². The van der Waals surface area contributed by atoms with E-state index in [9.17, 15) is 10.1 Å². The lowest BCUT2D eigenvalue weighted by atomic mass is 10.3. The van der Waals surface area contributed by atoms with E-state index in [2.05, 4.69) is 4.98 Å². The number of hydrogen-bond acceptors (Lipinski definition) is 4. The first-order chi connectivity index (χ1) is 6.68. The molecule has 2 rings (SSSR count). The van der Waals surface area contributed by atoms with Crippen molar-refractivity contribution in [1.82, 2.24) is 9.38 Å². The molecule has 0 N–H and O–H groups in total. The maximum Gasteiger partial charge on any atom is 0.236 e. The zero-order valence-corrected chi connectivity index (χ0v) is 8.19. The van der Waals surface area contributed by atoms with Crippen LogP contribution in [0.4, 0.5) is 0 Å². The average Bonchev–Trinajstić information content (AvgIpc) is 2.61. The molecule has 0 bridgehead atoms. The van der Waals surface area contributed by atoms with Crippen LogP contribution in [-0.2, 0) is 0 Å². The number of nitro groups is 1. The monoisotopic (exact) mass is 209 g/mol. The van der Waals surface area contributed by atoms with Crippen molar-refractivity contribution in [3.63, 3.8) is 0 Å². The number of hydrogen-bond donors (Lipinski definition) is 0. The zero-order chi connectivity index (χ0) is 10.1. The molecule has 0 saturated carbocycles.